The largest absolute Gasteiger partial charge is 0.377 e. The second-order valence-corrected chi connectivity index (χ2v) is 8.64. The van der Waals surface area contributed by atoms with Gasteiger partial charge in [0, 0.05) is 18.5 Å². The van der Waals surface area contributed by atoms with E-state index in [4.69, 9.17) is 0 Å². The Morgan fingerprint density at radius 2 is 1.82 bits per heavy atom. The highest BCUT2D eigenvalue weighted by molar-refractivity contribution is 5.95. The highest BCUT2D eigenvalue weighted by Gasteiger charge is 2.54. The topological polar surface area (TPSA) is 102 Å². The highest BCUT2D eigenvalue weighted by atomic mass is 19.1. The van der Waals surface area contributed by atoms with Crippen LogP contribution in [-0.4, -0.2) is 34.5 Å². The maximum atomic E-state index is 13.3. The number of aromatic nitrogens is 1. The molecule has 2 fully saturated rings. The molecule has 2 heterocycles. The highest BCUT2D eigenvalue weighted by Crippen LogP contribution is 2.47. The smallest absolute Gasteiger partial charge is 0.271 e. The Morgan fingerprint density at radius 3 is 2.45 bits per heavy atom. The van der Waals surface area contributed by atoms with Crippen molar-refractivity contribution in [3.05, 3.63) is 75.8 Å². The van der Waals surface area contributed by atoms with Gasteiger partial charge in [-0.1, -0.05) is 30.3 Å². The third-order valence-corrected chi connectivity index (χ3v) is 6.43. The number of benzene rings is 2. The van der Waals surface area contributed by atoms with Crippen LogP contribution in [0, 0.1) is 33.9 Å². The molecule has 8 heteroatoms. The molecule has 0 atom stereocenters. The number of anilines is 1. The van der Waals surface area contributed by atoms with Gasteiger partial charge >= 0.3 is 0 Å². The summed E-state index contributed by atoms with van der Waals surface area (Å²) < 4.78 is 14.8. The maximum Gasteiger partial charge on any atom is 0.271 e. The maximum absolute atomic E-state index is 13.3. The fourth-order valence-electron chi connectivity index (χ4n) is 4.33. The number of carbonyl (C=O) groups excluding carboxylic acids is 1. The fourth-order valence-corrected chi connectivity index (χ4v) is 4.33. The molecule has 7 nitrogen and oxygen atoms in total. The molecule has 2 aliphatic rings. The molecule has 5 rings (SSSR count). The summed E-state index contributed by atoms with van der Waals surface area (Å²) in [6.45, 7) is 1.04. The summed E-state index contributed by atoms with van der Waals surface area (Å²) in [4.78, 5) is 27.4. The molecule has 3 aromatic rings. The van der Waals surface area contributed by atoms with Gasteiger partial charge in [-0.05, 0) is 36.6 Å². The molecule has 2 aromatic carbocycles. The summed E-state index contributed by atoms with van der Waals surface area (Å²) in [5.74, 6) is -0.494. The number of fused-ring (bicyclic) bond motifs is 1. The number of halogens is 1. The Bertz CT molecular complexity index is 1400. The molecule has 33 heavy (non-hydrogen) atoms. The van der Waals surface area contributed by atoms with Crippen molar-refractivity contribution >= 4 is 22.5 Å². The third kappa shape index (κ3) is 3.50. The quantitative estimate of drug-likeness (QED) is 0.656. The number of rotatable bonds is 5. The number of nitriles is 2. The molecular formula is C25H20FN5O2. The standard InChI is InChI=1S/C25H20FN5O2/c26-17-7-5-16(6-8-17)12-31-21-4-2-1-3-19(21)22(20(11-27)23(31)32)29-18-13-30(14-18)24(33)25(15-28)9-10-25/h1-8,18,29H,9-10,12-14H2. The number of para-hydroxylation sites is 1. The molecule has 0 radical (unpaired) electrons. The molecule has 1 aromatic heterocycles. The van der Waals surface area contributed by atoms with Gasteiger partial charge in [-0.15, -0.1) is 0 Å². The summed E-state index contributed by atoms with van der Waals surface area (Å²) in [5.41, 5.74) is 0.561. The number of likely N-dealkylation sites (tertiary alicyclic amines) is 1. The van der Waals surface area contributed by atoms with Crippen molar-refractivity contribution in [2.75, 3.05) is 18.4 Å². The van der Waals surface area contributed by atoms with Crippen LogP contribution in [0.2, 0.25) is 0 Å². The Labute approximate surface area is 189 Å². The van der Waals surface area contributed by atoms with Crippen molar-refractivity contribution in [2.24, 2.45) is 5.41 Å². The molecule has 164 valence electrons. The first-order valence-corrected chi connectivity index (χ1v) is 10.7. The predicted molar refractivity (Wildman–Crippen MR) is 120 cm³/mol. The Hall–Kier alpha value is -4.17. The lowest BCUT2D eigenvalue weighted by atomic mass is 10.0. The number of carbonyl (C=O) groups is 1. The first-order chi connectivity index (χ1) is 16.0. The van der Waals surface area contributed by atoms with Gasteiger partial charge in [0.15, 0.2) is 0 Å². The van der Waals surface area contributed by atoms with Gasteiger partial charge in [0.2, 0.25) is 5.91 Å². The summed E-state index contributed by atoms with van der Waals surface area (Å²) in [6.07, 6.45) is 1.21. The number of nitrogens with one attached hydrogen (secondary N) is 1. The van der Waals surface area contributed by atoms with E-state index >= 15 is 0 Å². The van der Waals surface area contributed by atoms with Crippen LogP contribution in [0.3, 0.4) is 0 Å². The van der Waals surface area contributed by atoms with Gasteiger partial charge in [0.25, 0.3) is 5.56 Å². The molecule has 1 N–H and O–H groups in total. The predicted octanol–water partition coefficient (Wildman–Crippen LogP) is 2.99. The second-order valence-electron chi connectivity index (χ2n) is 8.64. The number of pyridine rings is 1. The molecule has 0 spiro atoms. The third-order valence-electron chi connectivity index (χ3n) is 6.43. The molecule has 1 saturated heterocycles. The minimum absolute atomic E-state index is 0.00345. The van der Waals surface area contributed by atoms with Gasteiger partial charge in [-0.25, -0.2) is 4.39 Å². The van der Waals surface area contributed by atoms with Crippen LogP contribution in [0.4, 0.5) is 10.1 Å². The average molecular weight is 441 g/mol. The van der Waals surface area contributed by atoms with Gasteiger partial charge in [-0.3, -0.25) is 9.59 Å². The van der Waals surface area contributed by atoms with E-state index in [1.807, 2.05) is 30.3 Å². The lowest BCUT2D eigenvalue weighted by Crippen LogP contribution is -2.58. The second kappa shape index (κ2) is 7.75. The van der Waals surface area contributed by atoms with Crippen LogP contribution < -0.4 is 10.9 Å². The van der Waals surface area contributed by atoms with Gasteiger partial charge in [-0.2, -0.15) is 10.5 Å². The number of amides is 1. The molecule has 0 bridgehead atoms. The monoisotopic (exact) mass is 441 g/mol. The Balaban J connectivity index is 1.46. The molecule has 1 aliphatic heterocycles. The molecule has 1 amide bonds. The van der Waals surface area contributed by atoms with E-state index in [1.54, 1.807) is 17.0 Å². The van der Waals surface area contributed by atoms with Crippen molar-refractivity contribution < 1.29 is 9.18 Å². The van der Waals surface area contributed by atoms with E-state index in [0.717, 1.165) is 10.9 Å². The SMILES string of the molecule is N#Cc1c(NC2CN(C(=O)C3(C#N)CC3)C2)c2ccccc2n(Cc2ccc(F)cc2)c1=O. The van der Waals surface area contributed by atoms with E-state index in [1.165, 1.54) is 16.7 Å². The van der Waals surface area contributed by atoms with Crippen molar-refractivity contribution in [2.45, 2.75) is 25.4 Å². The van der Waals surface area contributed by atoms with Crippen molar-refractivity contribution in [1.82, 2.24) is 9.47 Å². The lowest BCUT2D eigenvalue weighted by molar-refractivity contribution is -0.139. The van der Waals surface area contributed by atoms with E-state index in [-0.39, 0.29) is 29.9 Å². The summed E-state index contributed by atoms with van der Waals surface area (Å²) in [5, 5.41) is 23.1. The number of nitrogens with zero attached hydrogens (tertiary/aromatic N) is 4. The van der Waals surface area contributed by atoms with Crippen LogP contribution in [0.5, 0.6) is 0 Å². The molecule has 0 unspecified atom stereocenters. The van der Waals surface area contributed by atoms with Gasteiger partial charge in [0.05, 0.1) is 29.9 Å². The minimum Gasteiger partial charge on any atom is -0.377 e. The first-order valence-electron chi connectivity index (χ1n) is 10.7. The zero-order valence-electron chi connectivity index (χ0n) is 17.7. The average Bonchev–Trinajstić information content (AvgIpc) is 3.60. The summed E-state index contributed by atoms with van der Waals surface area (Å²) in [7, 11) is 0. The van der Waals surface area contributed by atoms with Crippen LogP contribution >= 0.6 is 0 Å². The molecule has 1 aliphatic carbocycles. The van der Waals surface area contributed by atoms with Gasteiger partial charge in [0.1, 0.15) is 22.9 Å². The van der Waals surface area contributed by atoms with Crippen LogP contribution in [0.25, 0.3) is 10.9 Å². The van der Waals surface area contributed by atoms with E-state index in [0.29, 0.717) is 37.1 Å². The molecular weight excluding hydrogens is 421 g/mol. The van der Waals surface area contributed by atoms with Crippen LogP contribution in [-0.2, 0) is 11.3 Å². The zero-order chi connectivity index (χ0) is 23.2. The first kappa shape index (κ1) is 20.7. The summed E-state index contributed by atoms with van der Waals surface area (Å²) in [6, 6.07) is 17.3. The van der Waals surface area contributed by atoms with Crippen LogP contribution in [0.15, 0.2) is 53.3 Å². The van der Waals surface area contributed by atoms with E-state index in [2.05, 4.69) is 11.4 Å². The van der Waals surface area contributed by atoms with Crippen molar-refractivity contribution in [3.8, 4) is 12.1 Å². The van der Waals surface area contributed by atoms with Crippen molar-refractivity contribution in [3.63, 3.8) is 0 Å². The van der Waals surface area contributed by atoms with E-state index < -0.39 is 11.0 Å². The van der Waals surface area contributed by atoms with Crippen LogP contribution in [0.1, 0.15) is 24.0 Å². The molecule has 1 saturated carbocycles. The van der Waals surface area contributed by atoms with Crippen molar-refractivity contribution in [1.29, 1.82) is 10.5 Å². The Morgan fingerprint density at radius 1 is 1.12 bits per heavy atom. The fraction of sp³-hybridized carbons (Fsp3) is 0.280. The van der Waals surface area contributed by atoms with E-state index in [9.17, 15) is 24.5 Å². The normalized spacial score (nSPS) is 16.5. The number of hydrogen-bond acceptors (Lipinski definition) is 5. The Kier molecular flexibility index (Phi) is 4.87. The lowest BCUT2D eigenvalue weighted by Gasteiger charge is -2.41. The number of hydrogen-bond donors (Lipinski definition) is 1. The zero-order valence-corrected chi connectivity index (χ0v) is 17.7. The minimum atomic E-state index is -0.851. The van der Waals surface area contributed by atoms with Gasteiger partial charge < -0.3 is 14.8 Å². The summed E-state index contributed by atoms with van der Waals surface area (Å²) >= 11 is 0.